The van der Waals surface area contributed by atoms with E-state index in [4.69, 9.17) is 0 Å². The van der Waals surface area contributed by atoms with E-state index in [1.54, 1.807) is 0 Å². The highest BCUT2D eigenvalue weighted by Crippen LogP contribution is 2.20. The summed E-state index contributed by atoms with van der Waals surface area (Å²) in [5.74, 6) is 0.895. The van der Waals surface area contributed by atoms with Gasteiger partial charge in [-0.05, 0) is 57.5 Å². The number of thiophene rings is 1. The van der Waals surface area contributed by atoms with Crippen LogP contribution in [0.1, 0.15) is 29.5 Å². The van der Waals surface area contributed by atoms with E-state index in [0.29, 0.717) is 0 Å². The van der Waals surface area contributed by atoms with Crippen molar-refractivity contribution in [2.75, 3.05) is 26.7 Å². The lowest BCUT2D eigenvalue weighted by molar-refractivity contribution is 0.236. The molecule has 0 aliphatic carbocycles. The second-order valence-electron chi connectivity index (χ2n) is 5.11. The van der Waals surface area contributed by atoms with Gasteiger partial charge in [0.2, 0.25) is 0 Å². The van der Waals surface area contributed by atoms with Gasteiger partial charge in [0, 0.05) is 22.8 Å². The Bertz CT molecular complexity index is 329. The maximum absolute atomic E-state index is 3.43. The van der Waals surface area contributed by atoms with Crippen molar-refractivity contribution >= 4 is 11.3 Å². The maximum Gasteiger partial charge on any atom is 0.0325 e. The van der Waals surface area contributed by atoms with Crippen LogP contribution in [0.5, 0.6) is 0 Å². The number of nitrogens with zero attached hydrogens (tertiary/aromatic N) is 1. The Hall–Kier alpha value is -0.380. The van der Waals surface area contributed by atoms with Crippen LogP contribution in [0.2, 0.25) is 0 Å². The van der Waals surface area contributed by atoms with Crippen LogP contribution < -0.4 is 5.32 Å². The third-order valence-electron chi connectivity index (χ3n) is 3.52. The summed E-state index contributed by atoms with van der Waals surface area (Å²) in [6.07, 6.45) is 3.85. The molecule has 96 valence electrons. The summed E-state index contributed by atoms with van der Waals surface area (Å²) in [4.78, 5) is 5.51. The first-order valence-corrected chi connectivity index (χ1v) is 7.56. The van der Waals surface area contributed by atoms with Crippen LogP contribution in [-0.2, 0) is 13.0 Å². The summed E-state index contributed by atoms with van der Waals surface area (Å²) in [6, 6.07) is 4.57. The Morgan fingerprint density at radius 1 is 1.29 bits per heavy atom. The molecular formula is C14H24N2S. The fourth-order valence-electron chi connectivity index (χ4n) is 2.53. The van der Waals surface area contributed by atoms with Gasteiger partial charge in [0.25, 0.3) is 0 Å². The molecule has 0 aromatic carbocycles. The lowest BCUT2D eigenvalue weighted by atomic mass is 9.98. The van der Waals surface area contributed by atoms with Crippen molar-refractivity contribution in [2.45, 2.75) is 32.7 Å². The van der Waals surface area contributed by atoms with Gasteiger partial charge in [-0.15, -0.1) is 11.3 Å². The summed E-state index contributed by atoms with van der Waals surface area (Å²) >= 11 is 1.97. The second-order valence-corrected chi connectivity index (χ2v) is 6.36. The van der Waals surface area contributed by atoms with Crippen molar-refractivity contribution in [1.82, 2.24) is 10.2 Å². The van der Waals surface area contributed by atoms with E-state index >= 15 is 0 Å². The minimum atomic E-state index is 0.895. The van der Waals surface area contributed by atoms with Gasteiger partial charge in [0.15, 0.2) is 0 Å². The standard InChI is InChI=1S/C14H24N2S/c1-3-13-4-5-14(17-13)11-16(2)10-12-6-8-15-9-7-12/h4-5,12,15H,3,6-11H2,1-2H3. The lowest BCUT2D eigenvalue weighted by Crippen LogP contribution is -2.34. The van der Waals surface area contributed by atoms with E-state index in [1.165, 1.54) is 48.7 Å². The molecule has 0 unspecified atom stereocenters. The molecule has 3 heteroatoms. The molecule has 1 aromatic heterocycles. The fourth-order valence-corrected chi connectivity index (χ4v) is 3.57. The summed E-state index contributed by atoms with van der Waals surface area (Å²) in [6.45, 7) is 7.01. The van der Waals surface area contributed by atoms with Gasteiger partial charge < -0.3 is 10.2 Å². The predicted molar refractivity (Wildman–Crippen MR) is 75.6 cm³/mol. The number of hydrogen-bond donors (Lipinski definition) is 1. The maximum atomic E-state index is 3.43. The number of nitrogens with one attached hydrogen (secondary N) is 1. The van der Waals surface area contributed by atoms with Crippen molar-refractivity contribution in [3.05, 3.63) is 21.9 Å². The Morgan fingerprint density at radius 3 is 2.65 bits per heavy atom. The summed E-state index contributed by atoms with van der Waals surface area (Å²) < 4.78 is 0. The monoisotopic (exact) mass is 252 g/mol. The largest absolute Gasteiger partial charge is 0.317 e. The zero-order chi connectivity index (χ0) is 12.1. The zero-order valence-electron chi connectivity index (χ0n) is 11.0. The smallest absolute Gasteiger partial charge is 0.0325 e. The van der Waals surface area contributed by atoms with Gasteiger partial charge >= 0.3 is 0 Å². The van der Waals surface area contributed by atoms with E-state index in [0.717, 1.165) is 12.5 Å². The topological polar surface area (TPSA) is 15.3 Å². The normalized spacial score (nSPS) is 17.8. The van der Waals surface area contributed by atoms with Crippen LogP contribution in [-0.4, -0.2) is 31.6 Å². The highest BCUT2D eigenvalue weighted by Gasteiger charge is 2.15. The van der Waals surface area contributed by atoms with Crippen LogP contribution in [0, 0.1) is 5.92 Å². The van der Waals surface area contributed by atoms with E-state index in [9.17, 15) is 0 Å². The van der Waals surface area contributed by atoms with Crippen molar-refractivity contribution in [1.29, 1.82) is 0 Å². The predicted octanol–water partition coefficient (Wildman–Crippen LogP) is 2.74. The molecule has 0 spiro atoms. The summed E-state index contributed by atoms with van der Waals surface area (Å²) in [7, 11) is 2.26. The fraction of sp³-hybridized carbons (Fsp3) is 0.714. The molecule has 1 aliphatic heterocycles. The molecule has 2 heterocycles. The molecule has 1 aliphatic rings. The third kappa shape index (κ3) is 4.09. The lowest BCUT2D eigenvalue weighted by Gasteiger charge is -2.27. The van der Waals surface area contributed by atoms with Crippen LogP contribution in [0.15, 0.2) is 12.1 Å². The minimum Gasteiger partial charge on any atom is -0.317 e. The van der Waals surface area contributed by atoms with Crippen molar-refractivity contribution in [3.63, 3.8) is 0 Å². The van der Waals surface area contributed by atoms with Gasteiger partial charge in [-0.25, -0.2) is 0 Å². The minimum absolute atomic E-state index is 0.895. The second kappa shape index (κ2) is 6.53. The summed E-state index contributed by atoms with van der Waals surface area (Å²) in [5, 5.41) is 3.43. The zero-order valence-corrected chi connectivity index (χ0v) is 11.9. The molecule has 1 saturated heterocycles. The first-order chi connectivity index (χ1) is 8.28. The van der Waals surface area contributed by atoms with Crippen molar-refractivity contribution in [3.8, 4) is 0 Å². The van der Waals surface area contributed by atoms with Crippen molar-refractivity contribution in [2.24, 2.45) is 5.92 Å². The molecule has 0 amide bonds. The van der Waals surface area contributed by atoms with Gasteiger partial charge in [-0.1, -0.05) is 6.92 Å². The number of aryl methyl sites for hydroxylation is 1. The average Bonchev–Trinajstić information content (AvgIpc) is 2.78. The Kier molecular flexibility index (Phi) is 5.01. The Balaban J connectivity index is 1.77. The van der Waals surface area contributed by atoms with E-state index in [1.807, 2.05) is 11.3 Å². The number of piperidine rings is 1. The molecule has 1 aromatic rings. The van der Waals surface area contributed by atoms with Crippen molar-refractivity contribution < 1.29 is 0 Å². The Morgan fingerprint density at radius 2 is 2.00 bits per heavy atom. The van der Waals surface area contributed by atoms with E-state index in [2.05, 4.69) is 36.3 Å². The first-order valence-electron chi connectivity index (χ1n) is 6.74. The number of hydrogen-bond acceptors (Lipinski definition) is 3. The van der Waals surface area contributed by atoms with Gasteiger partial charge in [0.05, 0.1) is 0 Å². The average molecular weight is 252 g/mol. The van der Waals surface area contributed by atoms with Gasteiger partial charge in [0.1, 0.15) is 0 Å². The van der Waals surface area contributed by atoms with Gasteiger partial charge in [-0.2, -0.15) is 0 Å². The molecule has 0 atom stereocenters. The molecule has 1 fully saturated rings. The molecule has 0 saturated carbocycles. The molecule has 0 bridgehead atoms. The van der Waals surface area contributed by atoms with Gasteiger partial charge in [-0.3, -0.25) is 0 Å². The quantitative estimate of drug-likeness (QED) is 0.867. The molecule has 2 rings (SSSR count). The molecule has 1 N–H and O–H groups in total. The number of rotatable bonds is 5. The summed E-state index contributed by atoms with van der Waals surface area (Å²) in [5.41, 5.74) is 0. The van der Waals surface area contributed by atoms with Crippen LogP contribution >= 0.6 is 11.3 Å². The molecule has 0 radical (unpaired) electrons. The highest BCUT2D eigenvalue weighted by molar-refractivity contribution is 7.11. The van der Waals surface area contributed by atoms with Crippen LogP contribution in [0.4, 0.5) is 0 Å². The van der Waals surface area contributed by atoms with E-state index in [-0.39, 0.29) is 0 Å². The van der Waals surface area contributed by atoms with Crippen LogP contribution in [0.25, 0.3) is 0 Å². The Labute approximate surface area is 109 Å². The van der Waals surface area contributed by atoms with Crippen LogP contribution in [0.3, 0.4) is 0 Å². The molecule has 2 nitrogen and oxygen atoms in total. The third-order valence-corrected chi connectivity index (χ3v) is 4.73. The first kappa shape index (κ1) is 13.1. The highest BCUT2D eigenvalue weighted by atomic mass is 32.1. The van der Waals surface area contributed by atoms with E-state index < -0.39 is 0 Å². The SMILES string of the molecule is CCc1ccc(CN(C)CC2CCNCC2)s1. The molecule has 17 heavy (non-hydrogen) atoms. The molecular weight excluding hydrogens is 228 g/mol.